The molecule has 1 saturated carbocycles. The summed E-state index contributed by atoms with van der Waals surface area (Å²) in [5, 5.41) is 4.21. The number of methoxy groups -OCH3 is 1. The number of nitrogens with one attached hydrogen (secondary N) is 1. The Morgan fingerprint density at radius 3 is 3.00 bits per heavy atom. The first-order valence-corrected chi connectivity index (χ1v) is 6.87. The Labute approximate surface area is 111 Å². The fourth-order valence-corrected chi connectivity index (χ4v) is 2.56. The zero-order valence-electron chi connectivity index (χ0n) is 10.5. The molecule has 0 aliphatic heterocycles. The largest absolute Gasteiger partial charge is 0.468 e. The maximum atomic E-state index is 11.9. The van der Waals surface area contributed by atoms with Crippen molar-refractivity contribution >= 4 is 17.7 Å². The molecule has 0 radical (unpaired) electrons. The zero-order chi connectivity index (χ0) is 13.0. The van der Waals surface area contributed by atoms with Gasteiger partial charge in [-0.1, -0.05) is 0 Å². The molecule has 0 bridgehead atoms. The third-order valence-corrected chi connectivity index (χ3v) is 4.06. The summed E-state index contributed by atoms with van der Waals surface area (Å²) in [5.74, 6) is 0.364. The van der Waals surface area contributed by atoms with Gasteiger partial charge in [-0.15, -0.1) is 11.8 Å². The van der Waals surface area contributed by atoms with Gasteiger partial charge in [-0.25, -0.2) is 9.97 Å². The molecule has 0 amide bonds. The van der Waals surface area contributed by atoms with Gasteiger partial charge in [0.2, 0.25) is 0 Å². The van der Waals surface area contributed by atoms with Gasteiger partial charge in [-0.3, -0.25) is 10.1 Å². The number of carbonyl (C=O) groups excluding carboxylic acids is 1. The summed E-state index contributed by atoms with van der Waals surface area (Å²) in [4.78, 5) is 19.9. The SMILES string of the molecule is COC(=O)C(C)(CSc1ccncn1)NC1CC1. The van der Waals surface area contributed by atoms with Crippen molar-refractivity contribution in [2.45, 2.75) is 36.4 Å². The normalized spacial score (nSPS) is 18.1. The van der Waals surface area contributed by atoms with E-state index in [1.54, 1.807) is 6.20 Å². The Balaban J connectivity index is 1.98. The number of hydrogen-bond acceptors (Lipinski definition) is 6. The molecule has 1 unspecified atom stereocenters. The first-order chi connectivity index (χ1) is 8.64. The van der Waals surface area contributed by atoms with Gasteiger partial charge in [0.1, 0.15) is 11.9 Å². The Morgan fingerprint density at radius 1 is 1.67 bits per heavy atom. The topological polar surface area (TPSA) is 64.1 Å². The van der Waals surface area contributed by atoms with Gasteiger partial charge in [-0.05, 0) is 25.8 Å². The standard InChI is InChI=1S/C12H17N3O2S/c1-12(11(16)17-2,15-9-3-4-9)7-18-10-5-6-13-8-14-10/h5-6,8-9,15H,3-4,7H2,1-2H3. The second-order valence-corrected chi connectivity index (χ2v) is 5.57. The number of ether oxygens (including phenoxy) is 1. The molecule has 98 valence electrons. The van der Waals surface area contributed by atoms with E-state index in [1.807, 2.05) is 13.0 Å². The molecule has 5 nitrogen and oxygen atoms in total. The number of hydrogen-bond donors (Lipinski definition) is 1. The molecular weight excluding hydrogens is 250 g/mol. The first-order valence-electron chi connectivity index (χ1n) is 5.89. The maximum absolute atomic E-state index is 11.9. The van der Waals surface area contributed by atoms with Gasteiger partial charge in [0.05, 0.1) is 12.1 Å². The summed E-state index contributed by atoms with van der Waals surface area (Å²) in [6.45, 7) is 1.88. The van der Waals surface area contributed by atoms with Gasteiger partial charge in [-0.2, -0.15) is 0 Å². The van der Waals surface area contributed by atoms with Crippen molar-refractivity contribution in [2.75, 3.05) is 12.9 Å². The highest BCUT2D eigenvalue weighted by atomic mass is 32.2. The van der Waals surface area contributed by atoms with E-state index in [9.17, 15) is 4.79 Å². The smallest absolute Gasteiger partial charge is 0.326 e. The average Bonchev–Trinajstić information content (AvgIpc) is 3.20. The summed E-state index contributed by atoms with van der Waals surface area (Å²) >= 11 is 1.53. The van der Waals surface area contributed by atoms with E-state index in [2.05, 4.69) is 15.3 Å². The minimum absolute atomic E-state index is 0.226. The molecule has 0 saturated heterocycles. The predicted octanol–water partition coefficient (Wildman–Crippen LogP) is 1.25. The molecule has 1 fully saturated rings. The van der Waals surface area contributed by atoms with Crippen molar-refractivity contribution in [3.05, 3.63) is 18.6 Å². The third-order valence-electron chi connectivity index (χ3n) is 2.80. The lowest BCUT2D eigenvalue weighted by molar-refractivity contribution is -0.146. The number of rotatable bonds is 6. The maximum Gasteiger partial charge on any atom is 0.326 e. The van der Waals surface area contributed by atoms with Crippen LogP contribution in [0.25, 0.3) is 0 Å². The van der Waals surface area contributed by atoms with E-state index in [0.29, 0.717) is 11.8 Å². The van der Waals surface area contributed by atoms with E-state index < -0.39 is 5.54 Å². The van der Waals surface area contributed by atoms with Crippen LogP contribution in [0.3, 0.4) is 0 Å². The number of thioether (sulfide) groups is 1. The summed E-state index contributed by atoms with van der Waals surface area (Å²) in [7, 11) is 1.42. The van der Waals surface area contributed by atoms with Crippen LogP contribution in [0.5, 0.6) is 0 Å². The summed E-state index contributed by atoms with van der Waals surface area (Å²) in [5.41, 5.74) is -0.661. The van der Waals surface area contributed by atoms with Crippen LogP contribution < -0.4 is 5.32 Å². The van der Waals surface area contributed by atoms with Gasteiger partial charge in [0.15, 0.2) is 0 Å². The summed E-state index contributed by atoms with van der Waals surface area (Å²) < 4.78 is 4.88. The van der Waals surface area contributed by atoms with Crippen LogP contribution in [0.2, 0.25) is 0 Å². The lowest BCUT2D eigenvalue weighted by Crippen LogP contribution is -2.53. The summed E-state index contributed by atoms with van der Waals surface area (Å²) in [6, 6.07) is 2.28. The second kappa shape index (κ2) is 5.67. The monoisotopic (exact) mass is 267 g/mol. The number of aromatic nitrogens is 2. The van der Waals surface area contributed by atoms with Crippen LogP contribution >= 0.6 is 11.8 Å². The van der Waals surface area contributed by atoms with Crippen molar-refractivity contribution in [2.24, 2.45) is 0 Å². The van der Waals surface area contributed by atoms with E-state index in [4.69, 9.17) is 4.74 Å². The average molecular weight is 267 g/mol. The van der Waals surface area contributed by atoms with Crippen LogP contribution in [0.15, 0.2) is 23.6 Å². The highest BCUT2D eigenvalue weighted by Gasteiger charge is 2.39. The van der Waals surface area contributed by atoms with Crippen molar-refractivity contribution in [3.63, 3.8) is 0 Å². The fraction of sp³-hybridized carbons (Fsp3) is 0.583. The number of esters is 1. The molecule has 1 aliphatic carbocycles. The van der Waals surface area contributed by atoms with Crippen molar-refractivity contribution in [1.82, 2.24) is 15.3 Å². The van der Waals surface area contributed by atoms with E-state index in [0.717, 1.165) is 17.9 Å². The molecule has 1 aliphatic rings. The van der Waals surface area contributed by atoms with Crippen molar-refractivity contribution in [3.8, 4) is 0 Å². The molecule has 6 heteroatoms. The van der Waals surface area contributed by atoms with Crippen LogP contribution in [-0.4, -0.2) is 40.4 Å². The highest BCUT2D eigenvalue weighted by molar-refractivity contribution is 7.99. The Hall–Kier alpha value is -1.14. The predicted molar refractivity (Wildman–Crippen MR) is 69.3 cm³/mol. The number of nitrogens with zero attached hydrogens (tertiary/aromatic N) is 2. The van der Waals surface area contributed by atoms with Gasteiger partial charge >= 0.3 is 5.97 Å². The second-order valence-electron chi connectivity index (χ2n) is 4.58. The lowest BCUT2D eigenvalue weighted by Gasteiger charge is -2.27. The lowest BCUT2D eigenvalue weighted by atomic mass is 10.1. The molecule has 1 aromatic heterocycles. The minimum atomic E-state index is -0.661. The van der Waals surface area contributed by atoms with E-state index >= 15 is 0 Å². The van der Waals surface area contributed by atoms with E-state index in [1.165, 1.54) is 25.2 Å². The molecule has 1 heterocycles. The van der Waals surface area contributed by atoms with Gasteiger partial charge in [0, 0.05) is 18.0 Å². The van der Waals surface area contributed by atoms with Crippen LogP contribution in [0, 0.1) is 0 Å². The van der Waals surface area contributed by atoms with Gasteiger partial charge < -0.3 is 4.74 Å². The molecule has 2 rings (SSSR count). The molecule has 0 aromatic carbocycles. The van der Waals surface area contributed by atoms with Crippen molar-refractivity contribution in [1.29, 1.82) is 0 Å². The first kappa shape index (κ1) is 13.3. The Kier molecular flexibility index (Phi) is 4.19. The van der Waals surface area contributed by atoms with E-state index in [-0.39, 0.29) is 5.97 Å². The Bertz CT molecular complexity index is 411. The van der Waals surface area contributed by atoms with Crippen molar-refractivity contribution < 1.29 is 9.53 Å². The van der Waals surface area contributed by atoms with Crippen LogP contribution in [0.4, 0.5) is 0 Å². The third kappa shape index (κ3) is 3.43. The molecule has 1 atom stereocenters. The Morgan fingerprint density at radius 2 is 2.44 bits per heavy atom. The minimum Gasteiger partial charge on any atom is -0.468 e. The fourth-order valence-electron chi connectivity index (χ4n) is 1.65. The summed E-state index contributed by atoms with van der Waals surface area (Å²) in [6.07, 6.45) is 5.46. The molecule has 1 aromatic rings. The van der Waals surface area contributed by atoms with Crippen LogP contribution in [-0.2, 0) is 9.53 Å². The van der Waals surface area contributed by atoms with Crippen LogP contribution in [0.1, 0.15) is 19.8 Å². The zero-order valence-corrected chi connectivity index (χ0v) is 11.4. The molecular formula is C12H17N3O2S. The molecule has 1 N–H and O–H groups in total. The molecule has 0 spiro atoms. The molecule has 18 heavy (non-hydrogen) atoms. The van der Waals surface area contributed by atoms with Gasteiger partial charge in [0.25, 0.3) is 0 Å². The number of carbonyl (C=O) groups is 1. The quantitative estimate of drug-likeness (QED) is 0.475. The highest BCUT2D eigenvalue weighted by Crippen LogP contribution is 2.27.